The maximum absolute atomic E-state index is 5.93. The van der Waals surface area contributed by atoms with E-state index in [9.17, 15) is 0 Å². The Morgan fingerprint density at radius 2 is 2.12 bits per heavy atom. The molecule has 1 aromatic carbocycles. The van der Waals surface area contributed by atoms with Crippen LogP contribution in [0, 0.1) is 0 Å². The fourth-order valence-electron chi connectivity index (χ4n) is 1.43. The lowest BCUT2D eigenvalue weighted by molar-refractivity contribution is 0.684. The van der Waals surface area contributed by atoms with Crippen LogP contribution in [-0.2, 0) is 7.05 Å². The third-order valence-corrected chi connectivity index (χ3v) is 3.42. The average Bonchev–Trinajstić information content (AvgIpc) is 2.65. The van der Waals surface area contributed by atoms with E-state index in [2.05, 4.69) is 16.1 Å². The number of rotatable bonds is 3. The third-order valence-electron chi connectivity index (χ3n) is 2.28. The van der Waals surface area contributed by atoms with Gasteiger partial charge < -0.3 is 5.73 Å². The van der Waals surface area contributed by atoms with Crippen LogP contribution in [0.4, 0.5) is 0 Å². The fraction of sp³-hybridized carbons (Fsp3) is 0.273. The summed E-state index contributed by atoms with van der Waals surface area (Å²) < 4.78 is 1.75. The van der Waals surface area contributed by atoms with Gasteiger partial charge in [0, 0.05) is 18.0 Å². The molecule has 84 valence electrons. The second kappa shape index (κ2) is 4.67. The highest BCUT2D eigenvalue weighted by Crippen LogP contribution is 2.30. The van der Waals surface area contributed by atoms with Crippen molar-refractivity contribution in [2.45, 2.75) is 23.0 Å². The predicted octanol–water partition coefficient (Wildman–Crippen LogP) is 1.99. The van der Waals surface area contributed by atoms with Crippen LogP contribution in [0.25, 0.3) is 0 Å². The largest absolute Gasteiger partial charge is 0.324 e. The van der Waals surface area contributed by atoms with Gasteiger partial charge in [0.25, 0.3) is 0 Å². The minimum absolute atomic E-state index is 0.0249. The Morgan fingerprint density at radius 1 is 1.38 bits per heavy atom. The van der Waals surface area contributed by atoms with Gasteiger partial charge in [0.15, 0.2) is 5.16 Å². The molecule has 1 atom stereocenters. The predicted molar refractivity (Wildman–Crippen MR) is 64.2 cm³/mol. The lowest BCUT2D eigenvalue weighted by Crippen LogP contribution is -2.06. The van der Waals surface area contributed by atoms with Gasteiger partial charge in [-0.2, -0.15) is 5.10 Å². The first-order valence-electron chi connectivity index (χ1n) is 5.05. The Bertz CT molecular complexity index is 478. The normalized spacial score (nSPS) is 12.7. The van der Waals surface area contributed by atoms with E-state index in [1.54, 1.807) is 22.8 Å². The maximum atomic E-state index is 5.93. The van der Waals surface area contributed by atoms with E-state index in [4.69, 9.17) is 5.73 Å². The minimum atomic E-state index is 0.0249. The first-order chi connectivity index (χ1) is 7.68. The summed E-state index contributed by atoms with van der Waals surface area (Å²) in [5.74, 6) is 0. The molecule has 5 heteroatoms. The van der Waals surface area contributed by atoms with Gasteiger partial charge in [0.2, 0.25) is 0 Å². The molecule has 0 radical (unpaired) electrons. The summed E-state index contributed by atoms with van der Waals surface area (Å²) in [5, 5.41) is 4.91. The summed E-state index contributed by atoms with van der Waals surface area (Å²) in [4.78, 5) is 5.32. The lowest BCUT2D eigenvalue weighted by atomic mass is 10.1. The van der Waals surface area contributed by atoms with Crippen LogP contribution < -0.4 is 5.73 Å². The van der Waals surface area contributed by atoms with E-state index >= 15 is 0 Å². The summed E-state index contributed by atoms with van der Waals surface area (Å²) in [5.41, 5.74) is 7.06. The number of nitrogens with zero attached hydrogens (tertiary/aromatic N) is 3. The van der Waals surface area contributed by atoms with Crippen molar-refractivity contribution in [3.8, 4) is 0 Å². The number of aromatic nitrogens is 3. The summed E-state index contributed by atoms with van der Waals surface area (Å²) in [6.07, 6.45) is 1.55. The van der Waals surface area contributed by atoms with E-state index in [1.807, 2.05) is 32.2 Å². The van der Waals surface area contributed by atoms with Crippen LogP contribution in [0.2, 0.25) is 0 Å². The van der Waals surface area contributed by atoms with E-state index in [-0.39, 0.29) is 6.04 Å². The Labute approximate surface area is 98.9 Å². The van der Waals surface area contributed by atoms with Crippen molar-refractivity contribution in [2.75, 3.05) is 0 Å². The van der Waals surface area contributed by atoms with Gasteiger partial charge in [-0.3, -0.25) is 0 Å². The van der Waals surface area contributed by atoms with Gasteiger partial charge in [-0.25, -0.2) is 9.67 Å². The second-order valence-electron chi connectivity index (χ2n) is 3.59. The van der Waals surface area contributed by atoms with Crippen LogP contribution in [0.1, 0.15) is 18.5 Å². The van der Waals surface area contributed by atoms with E-state index in [1.165, 1.54) is 0 Å². The zero-order valence-electron chi connectivity index (χ0n) is 9.29. The molecule has 0 aliphatic rings. The van der Waals surface area contributed by atoms with Crippen molar-refractivity contribution < 1.29 is 0 Å². The number of nitrogens with two attached hydrogens (primary N) is 1. The Kier molecular flexibility index (Phi) is 3.26. The molecule has 0 spiro atoms. The van der Waals surface area contributed by atoms with Crippen LogP contribution in [0.15, 0.2) is 40.6 Å². The molecule has 0 bridgehead atoms. The van der Waals surface area contributed by atoms with Crippen molar-refractivity contribution in [3.63, 3.8) is 0 Å². The van der Waals surface area contributed by atoms with E-state index < -0.39 is 0 Å². The quantitative estimate of drug-likeness (QED) is 0.882. The van der Waals surface area contributed by atoms with Gasteiger partial charge in [0.05, 0.1) is 0 Å². The number of hydrogen-bond acceptors (Lipinski definition) is 4. The molecular formula is C11H14N4S. The van der Waals surface area contributed by atoms with Gasteiger partial charge in [-0.05, 0) is 30.3 Å². The van der Waals surface area contributed by atoms with Gasteiger partial charge >= 0.3 is 0 Å². The van der Waals surface area contributed by atoms with E-state index in [0.29, 0.717) is 0 Å². The molecule has 1 unspecified atom stereocenters. The minimum Gasteiger partial charge on any atom is -0.324 e. The van der Waals surface area contributed by atoms with Crippen LogP contribution in [0.3, 0.4) is 0 Å². The zero-order chi connectivity index (χ0) is 11.5. The number of benzene rings is 1. The van der Waals surface area contributed by atoms with Crippen molar-refractivity contribution >= 4 is 11.8 Å². The third kappa shape index (κ3) is 2.25. The molecule has 0 aliphatic carbocycles. The van der Waals surface area contributed by atoms with Crippen molar-refractivity contribution in [3.05, 3.63) is 36.2 Å². The first-order valence-corrected chi connectivity index (χ1v) is 5.86. The molecule has 0 aliphatic heterocycles. The highest BCUT2D eigenvalue weighted by atomic mass is 32.2. The first kappa shape index (κ1) is 11.2. The molecule has 2 aromatic rings. The van der Waals surface area contributed by atoms with Crippen LogP contribution in [-0.4, -0.2) is 14.8 Å². The summed E-state index contributed by atoms with van der Waals surface area (Å²) in [6, 6.07) is 8.13. The Morgan fingerprint density at radius 3 is 2.75 bits per heavy atom. The van der Waals surface area contributed by atoms with Gasteiger partial charge in [0.1, 0.15) is 6.33 Å². The van der Waals surface area contributed by atoms with E-state index in [0.717, 1.165) is 15.6 Å². The molecule has 2 rings (SSSR count). The lowest BCUT2D eigenvalue weighted by Gasteiger charge is -2.11. The Hall–Kier alpha value is -1.33. The van der Waals surface area contributed by atoms with Gasteiger partial charge in [-0.1, -0.05) is 18.2 Å². The van der Waals surface area contributed by atoms with Crippen molar-refractivity contribution in [1.82, 2.24) is 14.8 Å². The van der Waals surface area contributed by atoms with Crippen LogP contribution in [0.5, 0.6) is 0 Å². The monoisotopic (exact) mass is 234 g/mol. The second-order valence-corrected chi connectivity index (χ2v) is 4.60. The highest BCUT2D eigenvalue weighted by molar-refractivity contribution is 7.99. The summed E-state index contributed by atoms with van der Waals surface area (Å²) >= 11 is 1.59. The SMILES string of the molecule is CC(N)c1ccccc1Sc1ncnn1C. The standard InChI is InChI=1S/C11H14N4S/c1-8(12)9-5-3-4-6-10(9)16-11-13-7-14-15(11)2/h3-8H,12H2,1-2H3. The smallest absolute Gasteiger partial charge is 0.190 e. The highest BCUT2D eigenvalue weighted by Gasteiger charge is 2.09. The number of hydrogen-bond donors (Lipinski definition) is 1. The molecule has 4 nitrogen and oxygen atoms in total. The molecule has 16 heavy (non-hydrogen) atoms. The molecule has 0 fully saturated rings. The molecule has 0 saturated heterocycles. The fourth-order valence-corrected chi connectivity index (χ4v) is 2.42. The molecule has 0 saturated carbocycles. The molecular weight excluding hydrogens is 220 g/mol. The number of aryl methyl sites for hydroxylation is 1. The molecule has 1 aromatic heterocycles. The molecule has 1 heterocycles. The molecule has 0 amide bonds. The summed E-state index contributed by atoms with van der Waals surface area (Å²) in [6.45, 7) is 1.98. The van der Waals surface area contributed by atoms with Gasteiger partial charge in [-0.15, -0.1) is 0 Å². The summed E-state index contributed by atoms with van der Waals surface area (Å²) in [7, 11) is 1.88. The zero-order valence-corrected chi connectivity index (χ0v) is 10.1. The Balaban J connectivity index is 2.31. The topological polar surface area (TPSA) is 56.7 Å². The van der Waals surface area contributed by atoms with Crippen LogP contribution >= 0.6 is 11.8 Å². The average molecular weight is 234 g/mol. The van der Waals surface area contributed by atoms with Crippen molar-refractivity contribution in [2.24, 2.45) is 12.8 Å². The van der Waals surface area contributed by atoms with Crippen molar-refractivity contribution in [1.29, 1.82) is 0 Å². The maximum Gasteiger partial charge on any atom is 0.190 e. The molecule has 2 N–H and O–H groups in total.